The van der Waals surface area contributed by atoms with Crippen LogP contribution >= 0.6 is 0 Å². The van der Waals surface area contributed by atoms with E-state index in [1.165, 1.54) is 6.92 Å². The number of carbonyl (C=O) groups is 11. The van der Waals surface area contributed by atoms with Crippen molar-refractivity contribution in [3.8, 4) is 0 Å². The molecule has 0 radical (unpaired) electrons. The number of amides is 8. The Kier molecular flexibility index (Phi) is 23.4. The van der Waals surface area contributed by atoms with E-state index in [0.29, 0.717) is 0 Å². The lowest BCUT2D eigenvalue weighted by molar-refractivity contribution is -0.146. The molecule has 0 unspecified atom stereocenters. The van der Waals surface area contributed by atoms with Crippen molar-refractivity contribution in [2.75, 3.05) is 13.1 Å². The molecule has 0 aromatic rings. The summed E-state index contributed by atoms with van der Waals surface area (Å²) in [5.41, 5.74) is 5.67. The van der Waals surface area contributed by atoms with Crippen LogP contribution in [0, 0.1) is 17.8 Å². The summed E-state index contributed by atoms with van der Waals surface area (Å²) < 4.78 is 0. The zero-order valence-corrected chi connectivity index (χ0v) is 37.6. The summed E-state index contributed by atoms with van der Waals surface area (Å²) in [7, 11) is 0. The Bertz CT molecular complexity index is 1700. The fraction of sp³-hybridized carbons (Fsp3) is 0.725. The maximum atomic E-state index is 14.0. The van der Waals surface area contributed by atoms with Gasteiger partial charge in [0.2, 0.25) is 47.3 Å². The second-order valence-corrected chi connectivity index (χ2v) is 17.1. The number of aliphatic hydroxyl groups is 1. The zero-order chi connectivity index (χ0) is 49.2. The van der Waals surface area contributed by atoms with Crippen LogP contribution in [-0.4, -0.2) is 158 Å². The monoisotopic (exact) mass is 913 g/mol. The first-order valence-corrected chi connectivity index (χ1v) is 21.2. The molecule has 9 atom stereocenters. The van der Waals surface area contributed by atoms with Gasteiger partial charge in [0.15, 0.2) is 6.04 Å². The molecule has 1 aliphatic heterocycles. The summed E-state index contributed by atoms with van der Waals surface area (Å²) in [4.78, 5) is 142. The number of nitrogens with two attached hydrogens (primary N) is 1. The molecule has 0 aromatic heterocycles. The van der Waals surface area contributed by atoms with Gasteiger partial charge in [-0.3, -0.25) is 47.9 Å². The summed E-state index contributed by atoms with van der Waals surface area (Å²) in [6, 6.07) is -11.0. The molecule has 0 saturated carbocycles. The molecule has 24 heteroatoms. The van der Waals surface area contributed by atoms with Crippen LogP contribution in [0.2, 0.25) is 0 Å². The topological polar surface area (TPSA) is 382 Å². The van der Waals surface area contributed by atoms with Gasteiger partial charge in [-0.2, -0.15) is 0 Å². The molecule has 8 amide bonds. The van der Waals surface area contributed by atoms with Crippen molar-refractivity contribution in [3.63, 3.8) is 0 Å². The molecule has 1 saturated heterocycles. The highest BCUT2D eigenvalue weighted by Gasteiger charge is 2.41. The second-order valence-electron chi connectivity index (χ2n) is 17.1. The van der Waals surface area contributed by atoms with Crippen molar-refractivity contribution in [1.29, 1.82) is 0 Å². The first-order chi connectivity index (χ1) is 29.7. The van der Waals surface area contributed by atoms with E-state index in [-0.39, 0.29) is 44.1 Å². The normalized spacial score (nSPS) is 17.4. The maximum Gasteiger partial charge on any atom is 0.328 e. The van der Waals surface area contributed by atoms with Crippen molar-refractivity contribution >= 4 is 65.2 Å². The molecule has 0 aliphatic carbocycles. The zero-order valence-electron chi connectivity index (χ0n) is 37.6. The lowest BCUT2D eigenvalue weighted by Crippen LogP contribution is -2.60. The predicted octanol–water partition coefficient (Wildman–Crippen LogP) is -3.10. The predicted molar refractivity (Wildman–Crippen MR) is 225 cm³/mol. The lowest BCUT2D eigenvalue weighted by Gasteiger charge is -2.31. The minimum Gasteiger partial charge on any atom is -0.481 e. The average Bonchev–Trinajstić information content (AvgIpc) is 3.67. The van der Waals surface area contributed by atoms with E-state index in [2.05, 4.69) is 37.2 Å². The van der Waals surface area contributed by atoms with Crippen molar-refractivity contribution in [2.45, 2.75) is 155 Å². The molecule has 1 rings (SSSR count). The van der Waals surface area contributed by atoms with E-state index in [1.807, 2.05) is 13.8 Å². The summed E-state index contributed by atoms with van der Waals surface area (Å²) in [5.74, 6) is -12.3. The third-order valence-electron chi connectivity index (χ3n) is 9.94. The molecule has 0 bridgehead atoms. The summed E-state index contributed by atoms with van der Waals surface area (Å²) in [6.07, 6.45) is -3.12. The van der Waals surface area contributed by atoms with E-state index in [9.17, 15) is 73.2 Å². The first kappa shape index (κ1) is 56.1. The highest BCUT2D eigenvalue weighted by atomic mass is 16.4. The van der Waals surface area contributed by atoms with E-state index in [1.54, 1.807) is 27.7 Å². The number of aliphatic hydroxyl groups excluding tert-OH is 1. The Balaban J connectivity index is 3.31. The minimum atomic E-state index is -1.84. The average molecular weight is 914 g/mol. The molecular weight excluding hydrogens is 846 g/mol. The fourth-order valence-electron chi connectivity index (χ4n) is 6.62. The number of nitrogens with one attached hydrogen (secondary N) is 7. The smallest absolute Gasteiger partial charge is 0.328 e. The van der Waals surface area contributed by atoms with Crippen LogP contribution in [-0.2, 0) is 52.7 Å². The highest BCUT2D eigenvalue weighted by molar-refractivity contribution is 5.99. The highest BCUT2D eigenvalue weighted by Crippen LogP contribution is 2.21. The first-order valence-electron chi connectivity index (χ1n) is 21.2. The number of hydrogen-bond acceptors (Lipinski definition) is 13. The largest absolute Gasteiger partial charge is 0.481 e. The van der Waals surface area contributed by atoms with Crippen LogP contribution in [0.3, 0.4) is 0 Å². The lowest BCUT2D eigenvalue weighted by atomic mass is 9.99. The van der Waals surface area contributed by atoms with Gasteiger partial charge in [0, 0.05) is 13.0 Å². The quantitative estimate of drug-likeness (QED) is 0.0388. The number of likely N-dealkylation sites (tertiary alicyclic amines) is 1. The van der Waals surface area contributed by atoms with Crippen LogP contribution in [0.1, 0.15) is 100 Å². The molecular formula is C40H67N9O15. The van der Waals surface area contributed by atoms with Crippen LogP contribution in [0.25, 0.3) is 0 Å². The van der Waals surface area contributed by atoms with Gasteiger partial charge >= 0.3 is 17.9 Å². The molecule has 1 fully saturated rings. The number of nitrogens with zero attached hydrogens (tertiary/aromatic N) is 1. The van der Waals surface area contributed by atoms with Gasteiger partial charge in [0.25, 0.3) is 0 Å². The minimum absolute atomic E-state index is 0.0326. The Morgan fingerprint density at radius 1 is 0.625 bits per heavy atom. The van der Waals surface area contributed by atoms with Gasteiger partial charge in [-0.05, 0) is 63.7 Å². The van der Waals surface area contributed by atoms with Crippen molar-refractivity contribution in [2.24, 2.45) is 23.5 Å². The third-order valence-corrected chi connectivity index (χ3v) is 9.94. The Labute approximate surface area is 371 Å². The molecule has 1 heterocycles. The molecule has 13 N–H and O–H groups in total. The number of carbonyl (C=O) groups excluding carboxylic acids is 8. The van der Waals surface area contributed by atoms with Crippen molar-refractivity contribution < 1.29 is 73.2 Å². The molecule has 24 nitrogen and oxygen atoms in total. The summed E-state index contributed by atoms with van der Waals surface area (Å²) >= 11 is 0. The number of hydrogen-bond donors (Lipinski definition) is 12. The van der Waals surface area contributed by atoms with Crippen LogP contribution < -0.4 is 43.0 Å². The Morgan fingerprint density at radius 2 is 1.12 bits per heavy atom. The van der Waals surface area contributed by atoms with Gasteiger partial charge < -0.3 is 68.3 Å². The molecule has 362 valence electrons. The van der Waals surface area contributed by atoms with Gasteiger partial charge in [0.1, 0.15) is 36.3 Å². The van der Waals surface area contributed by atoms with Gasteiger partial charge in [-0.25, -0.2) is 4.79 Å². The van der Waals surface area contributed by atoms with Crippen LogP contribution in [0.5, 0.6) is 0 Å². The van der Waals surface area contributed by atoms with E-state index < -0.39 is 151 Å². The fourth-order valence-corrected chi connectivity index (χ4v) is 6.62. The molecule has 0 aromatic carbocycles. The Hall–Kier alpha value is -5.91. The van der Waals surface area contributed by atoms with Gasteiger partial charge in [-0.1, -0.05) is 41.5 Å². The van der Waals surface area contributed by atoms with Gasteiger partial charge in [0.05, 0.1) is 25.1 Å². The summed E-state index contributed by atoms with van der Waals surface area (Å²) in [6.45, 7) is 12.0. The Morgan fingerprint density at radius 3 is 1.58 bits per heavy atom. The third kappa shape index (κ3) is 19.2. The van der Waals surface area contributed by atoms with E-state index >= 15 is 0 Å². The number of carboxylic acid groups (broad SMARTS) is 3. The standard InChI is InChI=1S/C40H67N9O15/c1-18(2)14-24(44-33(56)21(7)41)36(59)45-25(15-19(3)4)35(58)43-23(11-12-29(52)53)34(57)46-26(16-30(54)55)39(62)49-13-9-10-27(49)37(60)48-31(20(5)6)38(61)42-17-28(51)47-32(22(8)50)40(63)64/h18-27,31-32,50H,9-17,41H2,1-8H3,(H,42,61)(H,43,58)(H,44,56)(H,45,59)(H,46,57)(H,47,51)(H,48,60)(H,52,53)(H,54,55)(H,63,64)/t21-,22+,23-,24-,25-,26-,27-,31-,32-/m0/s1. The van der Waals surface area contributed by atoms with Gasteiger partial charge in [-0.15, -0.1) is 0 Å². The number of carboxylic acids is 3. The molecule has 0 spiro atoms. The van der Waals surface area contributed by atoms with Crippen molar-refractivity contribution in [3.05, 3.63) is 0 Å². The van der Waals surface area contributed by atoms with Crippen LogP contribution in [0.15, 0.2) is 0 Å². The van der Waals surface area contributed by atoms with Crippen molar-refractivity contribution in [1.82, 2.24) is 42.1 Å². The maximum absolute atomic E-state index is 14.0. The molecule has 1 aliphatic rings. The second kappa shape index (κ2) is 26.7. The summed E-state index contributed by atoms with van der Waals surface area (Å²) in [5, 5.41) is 54.7. The molecule has 64 heavy (non-hydrogen) atoms. The van der Waals surface area contributed by atoms with Crippen LogP contribution in [0.4, 0.5) is 0 Å². The number of rotatable bonds is 27. The van der Waals surface area contributed by atoms with E-state index in [0.717, 1.165) is 11.8 Å². The number of aliphatic carboxylic acids is 3. The SMILES string of the molecule is CC(C)C[C@H](NC(=O)[C@H](C)N)C(=O)N[C@@H](CC(C)C)C(=O)N[C@@H](CCC(=O)O)C(=O)N[C@@H](CC(=O)O)C(=O)N1CCC[C@H]1C(=O)N[C@H](C(=O)NCC(=O)N[C@H](C(=O)O)[C@@H](C)O)C(C)C. The van der Waals surface area contributed by atoms with E-state index in [4.69, 9.17) is 5.73 Å².